The number of hydrogen-bond acceptors (Lipinski definition) is 3. The van der Waals surface area contributed by atoms with Crippen molar-refractivity contribution in [1.29, 1.82) is 0 Å². The first-order chi connectivity index (χ1) is 9.45. The minimum atomic E-state index is 0.0539. The van der Waals surface area contributed by atoms with Crippen molar-refractivity contribution < 1.29 is 4.79 Å². The third-order valence-corrected chi connectivity index (χ3v) is 4.60. The third kappa shape index (κ3) is 2.66. The molecule has 0 saturated heterocycles. The predicted molar refractivity (Wildman–Crippen MR) is 87.4 cm³/mol. The highest BCUT2D eigenvalue weighted by Crippen LogP contribution is 2.35. The van der Waals surface area contributed by atoms with Crippen molar-refractivity contribution in [3.63, 3.8) is 0 Å². The minimum Gasteiger partial charge on any atom is -0.397 e. The second-order valence-corrected chi connectivity index (χ2v) is 6.49. The molecule has 0 fully saturated rings. The van der Waals surface area contributed by atoms with Crippen LogP contribution < -0.4 is 5.73 Å². The molecule has 1 amide bonds. The van der Waals surface area contributed by atoms with Gasteiger partial charge in [-0.25, -0.2) is 0 Å². The van der Waals surface area contributed by atoms with Gasteiger partial charge in [0.15, 0.2) is 0 Å². The molecule has 3 nitrogen and oxygen atoms in total. The van der Waals surface area contributed by atoms with Gasteiger partial charge in [-0.3, -0.25) is 4.79 Å². The molecule has 108 valence electrons. The summed E-state index contributed by atoms with van der Waals surface area (Å²) in [5, 5.41) is 0.999. The van der Waals surface area contributed by atoms with Gasteiger partial charge in [-0.2, -0.15) is 0 Å². The molecule has 2 aromatic rings. The van der Waals surface area contributed by atoms with Crippen LogP contribution in [-0.2, 0) is 0 Å². The minimum absolute atomic E-state index is 0.0539. The number of thiophene rings is 1. The zero-order valence-corrected chi connectivity index (χ0v) is 13.4. The third-order valence-electron chi connectivity index (χ3n) is 3.42. The largest absolute Gasteiger partial charge is 0.397 e. The number of fused-ring (bicyclic) bond motifs is 1. The van der Waals surface area contributed by atoms with E-state index >= 15 is 0 Å². The molecule has 0 atom stereocenters. The molecule has 4 heteroatoms. The highest BCUT2D eigenvalue weighted by atomic mass is 32.1. The fraction of sp³-hybridized carbons (Fsp3) is 0.438. The van der Waals surface area contributed by atoms with Crippen molar-refractivity contribution in [2.45, 2.75) is 40.2 Å². The lowest BCUT2D eigenvalue weighted by molar-refractivity contribution is 0.0712. The lowest BCUT2D eigenvalue weighted by Crippen LogP contribution is -2.37. The number of rotatable bonds is 4. The summed E-state index contributed by atoms with van der Waals surface area (Å²) in [6.45, 7) is 8.97. The summed E-state index contributed by atoms with van der Waals surface area (Å²) >= 11 is 1.50. The van der Waals surface area contributed by atoms with Crippen LogP contribution in [0.4, 0.5) is 5.69 Å². The second kappa shape index (κ2) is 5.83. The fourth-order valence-corrected chi connectivity index (χ4v) is 3.41. The average Bonchev–Trinajstić information content (AvgIpc) is 2.72. The molecule has 20 heavy (non-hydrogen) atoms. The SMILES string of the molecule is CCCN(C(=O)c1sc2ccc(C)cc2c1N)C(C)C. The van der Waals surface area contributed by atoms with E-state index in [0.29, 0.717) is 10.6 Å². The van der Waals surface area contributed by atoms with Gasteiger partial charge in [-0.1, -0.05) is 18.6 Å². The van der Waals surface area contributed by atoms with Gasteiger partial charge in [-0.05, 0) is 39.3 Å². The Morgan fingerprint density at radius 2 is 2.10 bits per heavy atom. The van der Waals surface area contributed by atoms with E-state index in [1.54, 1.807) is 0 Å². The molecule has 1 heterocycles. The first-order valence-electron chi connectivity index (χ1n) is 7.05. The summed E-state index contributed by atoms with van der Waals surface area (Å²) in [6, 6.07) is 6.34. The lowest BCUT2D eigenvalue weighted by atomic mass is 10.1. The van der Waals surface area contributed by atoms with E-state index in [9.17, 15) is 4.79 Å². The Balaban J connectivity index is 2.46. The Kier molecular flexibility index (Phi) is 4.33. The van der Waals surface area contributed by atoms with Crippen LogP contribution in [0.1, 0.15) is 42.4 Å². The van der Waals surface area contributed by atoms with E-state index in [-0.39, 0.29) is 11.9 Å². The topological polar surface area (TPSA) is 46.3 Å². The number of nitrogens with zero attached hydrogens (tertiary/aromatic N) is 1. The Labute approximate surface area is 124 Å². The maximum Gasteiger partial charge on any atom is 0.266 e. The van der Waals surface area contributed by atoms with Gasteiger partial charge in [-0.15, -0.1) is 11.3 Å². The van der Waals surface area contributed by atoms with Crippen molar-refractivity contribution in [3.8, 4) is 0 Å². The van der Waals surface area contributed by atoms with Gasteiger partial charge < -0.3 is 10.6 Å². The molecule has 0 spiro atoms. The molecule has 0 aliphatic carbocycles. The molecule has 0 aliphatic rings. The molecular weight excluding hydrogens is 268 g/mol. The molecule has 0 saturated carbocycles. The van der Waals surface area contributed by atoms with Crippen molar-refractivity contribution in [2.24, 2.45) is 0 Å². The van der Waals surface area contributed by atoms with E-state index < -0.39 is 0 Å². The summed E-state index contributed by atoms with van der Waals surface area (Å²) in [7, 11) is 0. The van der Waals surface area contributed by atoms with Crippen LogP contribution in [0, 0.1) is 6.92 Å². The quantitative estimate of drug-likeness (QED) is 0.923. The number of benzene rings is 1. The molecule has 0 aliphatic heterocycles. The van der Waals surface area contributed by atoms with Gasteiger partial charge in [0.2, 0.25) is 0 Å². The first-order valence-corrected chi connectivity index (χ1v) is 7.87. The average molecular weight is 290 g/mol. The number of nitrogen functional groups attached to an aromatic ring is 1. The van der Waals surface area contributed by atoms with Crippen molar-refractivity contribution >= 4 is 33.0 Å². The molecule has 2 N–H and O–H groups in total. The highest BCUT2D eigenvalue weighted by Gasteiger charge is 2.23. The van der Waals surface area contributed by atoms with Crippen molar-refractivity contribution in [1.82, 2.24) is 4.90 Å². The summed E-state index contributed by atoms with van der Waals surface area (Å²) in [6.07, 6.45) is 0.952. The van der Waals surface area contributed by atoms with Gasteiger partial charge in [0.1, 0.15) is 4.88 Å². The van der Waals surface area contributed by atoms with Gasteiger partial charge in [0, 0.05) is 22.7 Å². The molecule has 0 bridgehead atoms. The van der Waals surface area contributed by atoms with Gasteiger partial charge >= 0.3 is 0 Å². The fourth-order valence-electron chi connectivity index (χ4n) is 2.35. The monoisotopic (exact) mass is 290 g/mol. The summed E-state index contributed by atoms with van der Waals surface area (Å²) in [4.78, 5) is 15.3. The first kappa shape index (κ1) is 14.9. The van der Waals surface area contributed by atoms with Crippen LogP contribution in [0.3, 0.4) is 0 Å². The number of aryl methyl sites for hydroxylation is 1. The summed E-state index contributed by atoms with van der Waals surface area (Å²) in [5.74, 6) is 0.0539. The molecule has 1 aromatic heterocycles. The van der Waals surface area contributed by atoms with Gasteiger partial charge in [0.25, 0.3) is 5.91 Å². The lowest BCUT2D eigenvalue weighted by Gasteiger charge is -2.25. The smallest absolute Gasteiger partial charge is 0.266 e. The van der Waals surface area contributed by atoms with Crippen LogP contribution in [0.15, 0.2) is 18.2 Å². The van der Waals surface area contributed by atoms with Crippen molar-refractivity contribution in [3.05, 3.63) is 28.6 Å². The van der Waals surface area contributed by atoms with Crippen LogP contribution >= 0.6 is 11.3 Å². The standard InChI is InChI=1S/C16H22N2OS/c1-5-8-18(10(2)3)16(19)15-14(17)12-9-11(4)6-7-13(12)20-15/h6-7,9-10H,5,8,17H2,1-4H3. The van der Waals surface area contributed by atoms with Crippen LogP contribution in [0.5, 0.6) is 0 Å². The second-order valence-electron chi connectivity index (χ2n) is 5.44. The number of anilines is 1. The number of carbonyl (C=O) groups is 1. The van der Waals surface area contributed by atoms with Crippen molar-refractivity contribution in [2.75, 3.05) is 12.3 Å². The predicted octanol–water partition coefficient (Wildman–Crippen LogP) is 4.05. The summed E-state index contributed by atoms with van der Waals surface area (Å²) < 4.78 is 1.08. The highest BCUT2D eigenvalue weighted by molar-refractivity contribution is 7.21. The van der Waals surface area contributed by atoms with E-state index in [2.05, 4.69) is 19.1 Å². The summed E-state index contributed by atoms with van der Waals surface area (Å²) in [5.41, 5.74) is 7.99. The molecule has 0 unspecified atom stereocenters. The normalized spacial score (nSPS) is 11.2. The Hall–Kier alpha value is -1.55. The number of carbonyl (C=O) groups excluding carboxylic acids is 1. The Bertz CT molecular complexity index is 631. The molecule has 1 aromatic carbocycles. The Morgan fingerprint density at radius 3 is 2.70 bits per heavy atom. The van der Waals surface area contributed by atoms with Crippen LogP contribution in [0.25, 0.3) is 10.1 Å². The maximum atomic E-state index is 12.7. The zero-order chi connectivity index (χ0) is 14.9. The van der Waals surface area contributed by atoms with E-state index in [4.69, 9.17) is 5.73 Å². The Morgan fingerprint density at radius 1 is 1.40 bits per heavy atom. The van der Waals surface area contributed by atoms with Crippen LogP contribution in [-0.4, -0.2) is 23.4 Å². The maximum absolute atomic E-state index is 12.7. The van der Waals surface area contributed by atoms with Gasteiger partial charge in [0.05, 0.1) is 5.69 Å². The van der Waals surface area contributed by atoms with E-state index in [1.165, 1.54) is 11.3 Å². The molecule has 0 radical (unpaired) electrons. The molecule has 2 rings (SSSR count). The molecular formula is C16H22N2OS. The zero-order valence-electron chi connectivity index (χ0n) is 12.6. The van der Waals surface area contributed by atoms with E-state index in [0.717, 1.165) is 28.6 Å². The number of nitrogens with two attached hydrogens (primary N) is 1. The number of hydrogen-bond donors (Lipinski definition) is 1. The number of amides is 1. The van der Waals surface area contributed by atoms with Crippen LogP contribution in [0.2, 0.25) is 0 Å². The van der Waals surface area contributed by atoms with E-state index in [1.807, 2.05) is 31.7 Å².